The Morgan fingerprint density at radius 2 is 2.00 bits per heavy atom. The maximum Gasteiger partial charge on any atom is 0.265 e. The number of oxazole rings is 1. The Bertz CT molecular complexity index is 1070. The van der Waals surface area contributed by atoms with Gasteiger partial charge in [-0.15, -0.1) is 0 Å². The van der Waals surface area contributed by atoms with Gasteiger partial charge in [-0.3, -0.25) is 4.72 Å². The summed E-state index contributed by atoms with van der Waals surface area (Å²) >= 11 is 5.91. The van der Waals surface area contributed by atoms with Gasteiger partial charge >= 0.3 is 0 Å². The predicted molar refractivity (Wildman–Crippen MR) is 95.4 cm³/mol. The van der Waals surface area contributed by atoms with Gasteiger partial charge in [-0.25, -0.2) is 17.8 Å². The number of sulfonamides is 1. The van der Waals surface area contributed by atoms with Gasteiger partial charge in [0.1, 0.15) is 16.5 Å². The second-order valence-corrected chi connectivity index (χ2v) is 7.40. The van der Waals surface area contributed by atoms with E-state index in [1.165, 1.54) is 31.5 Å². The highest BCUT2D eigenvalue weighted by atomic mass is 35.5. The van der Waals surface area contributed by atoms with Crippen molar-refractivity contribution < 1.29 is 22.0 Å². The number of nitrogens with one attached hydrogen (secondary N) is 1. The average Bonchev–Trinajstić information content (AvgIpc) is 3.03. The first-order valence-corrected chi connectivity index (χ1v) is 9.25. The van der Waals surface area contributed by atoms with Crippen LogP contribution in [0.5, 0.6) is 5.75 Å². The van der Waals surface area contributed by atoms with Crippen molar-refractivity contribution in [3.05, 3.63) is 59.3 Å². The number of aryl methyl sites for hydroxylation is 1. The highest BCUT2D eigenvalue weighted by Gasteiger charge is 2.22. The molecule has 0 saturated carbocycles. The summed E-state index contributed by atoms with van der Waals surface area (Å²) in [6.07, 6.45) is 1.50. The molecule has 136 valence electrons. The first kappa shape index (κ1) is 18.2. The lowest BCUT2D eigenvalue weighted by atomic mass is 10.2. The van der Waals surface area contributed by atoms with Crippen LogP contribution in [0.2, 0.25) is 5.02 Å². The van der Waals surface area contributed by atoms with E-state index in [9.17, 15) is 12.8 Å². The van der Waals surface area contributed by atoms with Crippen LogP contribution in [0.15, 0.2) is 51.9 Å². The van der Waals surface area contributed by atoms with E-state index >= 15 is 0 Å². The van der Waals surface area contributed by atoms with Crippen LogP contribution in [0, 0.1) is 12.7 Å². The number of hydrogen-bond donors (Lipinski definition) is 1. The molecular formula is C17H14ClFN2O4S. The van der Waals surface area contributed by atoms with E-state index in [2.05, 4.69) is 9.71 Å². The van der Waals surface area contributed by atoms with Crippen molar-refractivity contribution in [3.8, 4) is 17.1 Å². The molecule has 1 heterocycles. The minimum Gasteiger partial charge on any atom is -0.495 e. The Labute approximate surface area is 154 Å². The molecule has 0 spiro atoms. The van der Waals surface area contributed by atoms with E-state index < -0.39 is 15.8 Å². The number of methoxy groups -OCH3 is 1. The van der Waals surface area contributed by atoms with Crippen LogP contribution < -0.4 is 9.46 Å². The molecule has 0 atom stereocenters. The number of hydrogen-bond acceptors (Lipinski definition) is 5. The highest BCUT2D eigenvalue weighted by Crippen LogP contribution is 2.33. The minimum absolute atomic E-state index is 0.0519. The molecule has 3 rings (SSSR count). The summed E-state index contributed by atoms with van der Waals surface area (Å²) < 4.78 is 51.7. The van der Waals surface area contributed by atoms with E-state index in [1.54, 1.807) is 13.0 Å². The third-order valence-corrected chi connectivity index (χ3v) is 5.23. The number of benzene rings is 2. The van der Waals surface area contributed by atoms with Crippen molar-refractivity contribution in [2.45, 2.75) is 11.8 Å². The maximum absolute atomic E-state index is 13.2. The largest absolute Gasteiger partial charge is 0.495 e. The van der Waals surface area contributed by atoms with Crippen molar-refractivity contribution in [1.29, 1.82) is 0 Å². The lowest BCUT2D eigenvalue weighted by Gasteiger charge is -2.13. The Morgan fingerprint density at radius 3 is 2.62 bits per heavy atom. The zero-order chi connectivity index (χ0) is 18.9. The first-order valence-electron chi connectivity index (χ1n) is 7.39. The third-order valence-electron chi connectivity index (χ3n) is 3.53. The van der Waals surface area contributed by atoms with Crippen LogP contribution in [-0.4, -0.2) is 20.5 Å². The van der Waals surface area contributed by atoms with Crippen molar-refractivity contribution in [1.82, 2.24) is 4.98 Å². The van der Waals surface area contributed by atoms with E-state index in [0.717, 1.165) is 12.1 Å². The smallest absolute Gasteiger partial charge is 0.265 e. The fraction of sp³-hybridized carbons (Fsp3) is 0.118. The van der Waals surface area contributed by atoms with E-state index in [1.807, 2.05) is 0 Å². The lowest BCUT2D eigenvalue weighted by Crippen LogP contribution is -2.14. The lowest BCUT2D eigenvalue weighted by molar-refractivity contribution is 0.403. The first-order chi connectivity index (χ1) is 12.3. The van der Waals surface area contributed by atoms with E-state index in [0.29, 0.717) is 17.2 Å². The molecule has 1 aromatic heterocycles. The molecule has 0 fully saturated rings. The van der Waals surface area contributed by atoms with Crippen molar-refractivity contribution >= 4 is 27.3 Å². The second kappa shape index (κ2) is 6.97. The summed E-state index contributed by atoms with van der Waals surface area (Å²) in [7, 11) is -2.70. The summed E-state index contributed by atoms with van der Waals surface area (Å²) in [6, 6.07) is 7.93. The van der Waals surface area contributed by atoms with Crippen molar-refractivity contribution in [2.75, 3.05) is 11.8 Å². The van der Waals surface area contributed by atoms with Crippen molar-refractivity contribution in [3.63, 3.8) is 0 Å². The molecule has 0 aliphatic rings. The van der Waals surface area contributed by atoms with Crippen LogP contribution in [0.4, 0.5) is 10.1 Å². The number of anilines is 1. The molecular weight excluding hydrogens is 383 g/mol. The van der Waals surface area contributed by atoms with Crippen molar-refractivity contribution in [2.24, 2.45) is 0 Å². The van der Waals surface area contributed by atoms with Crippen LogP contribution in [0.3, 0.4) is 0 Å². The molecule has 1 N–H and O–H groups in total. The summed E-state index contributed by atoms with van der Waals surface area (Å²) in [4.78, 5) is 3.88. The normalized spacial score (nSPS) is 11.4. The molecule has 26 heavy (non-hydrogen) atoms. The van der Waals surface area contributed by atoms with E-state index in [-0.39, 0.29) is 21.4 Å². The number of halogens is 2. The fourth-order valence-corrected chi connectivity index (χ4v) is 3.85. The monoisotopic (exact) mass is 396 g/mol. The number of nitrogens with zero attached hydrogens (tertiary/aromatic N) is 1. The maximum atomic E-state index is 13.2. The summed E-state index contributed by atoms with van der Waals surface area (Å²) in [5.74, 6) is 0.437. The topological polar surface area (TPSA) is 81.4 Å². The van der Waals surface area contributed by atoms with Gasteiger partial charge in [0.15, 0.2) is 11.7 Å². The van der Waals surface area contributed by atoms with Gasteiger partial charge in [-0.2, -0.15) is 0 Å². The zero-order valence-corrected chi connectivity index (χ0v) is 15.4. The van der Waals surface area contributed by atoms with Crippen LogP contribution >= 0.6 is 11.6 Å². The fourth-order valence-electron chi connectivity index (χ4n) is 2.31. The molecule has 0 aliphatic heterocycles. The summed E-state index contributed by atoms with van der Waals surface area (Å²) in [5, 5.41) is -0.0606. The Hall–Kier alpha value is -2.58. The minimum atomic E-state index is -4.06. The van der Waals surface area contributed by atoms with Gasteiger partial charge in [0.05, 0.1) is 24.0 Å². The second-order valence-electron chi connectivity index (χ2n) is 5.34. The number of rotatable bonds is 5. The Balaban J connectivity index is 2.05. The average molecular weight is 397 g/mol. The van der Waals surface area contributed by atoms with Gasteiger partial charge < -0.3 is 9.15 Å². The molecule has 0 saturated heterocycles. The molecule has 3 aromatic rings. The van der Waals surface area contributed by atoms with Gasteiger partial charge in [-0.1, -0.05) is 11.6 Å². The summed E-state index contributed by atoms with van der Waals surface area (Å²) in [5.41, 5.74) is 0.563. The Morgan fingerprint density at radius 1 is 1.23 bits per heavy atom. The predicted octanol–water partition coefficient (Wildman–Crippen LogP) is 4.25. The van der Waals surface area contributed by atoms with E-state index in [4.69, 9.17) is 20.8 Å². The van der Waals surface area contributed by atoms with Crippen LogP contribution in [-0.2, 0) is 10.0 Å². The standard InChI is InChI=1S/C17H14ClFN2O4S/c1-10-20-9-16(25-10)11-3-6-15(24-2)17(7-11)26(22,23)21-14-5-4-12(19)8-13(14)18/h3-9,21H,1-2H3. The molecule has 0 radical (unpaired) electrons. The molecule has 0 bridgehead atoms. The molecule has 6 nitrogen and oxygen atoms in total. The highest BCUT2D eigenvalue weighted by molar-refractivity contribution is 7.92. The number of aromatic nitrogens is 1. The number of ether oxygens (including phenoxy) is 1. The molecule has 0 aliphatic carbocycles. The van der Waals surface area contributed by atoms with Gasteiger partial charge in [0, 0.05) is 12.5 Å². The zero-order valence-electron chi connectivity index (χ0n) is 13.8. The van der Waals surface area contributed by atoms with Crippen LogP contribution in [0.1, 0.15) is 5.89 Å². The van der Waals surface area contributed by atoms with Gasteiger partial charge in [-0.05, 0) is 36.4 Å². The summed E-state index contributed by atoms with van der Waals surface area (Å²) in [6.45, 7) is 1.68. The van der Waals surface area contributed by atoms with Gasteiger partial charge in [0.25, 0.3) is 10.0 Å². The quantitative estimate of drug-likeness (QED) is 0.697. The molecule has 0 amide bonds. The molecule has 0 unspecified atom stereocenters. The SMILES string of the molecule is COc1ccc(-c2cnc(C)o2)cc1S(=O)(=O)Nc1ccc(F)cc1Cl. The Kier molecular flexibility index (Phi) is 4.88. The van der Waals surface area contributed by atoms with Gasteiger partial charge in [0.2, 0.25) is 0 Å². The molecule has 9 heteroatoms. The van der Waals surface area contributed by atoms with Crippen LogP contribution in [0.25, 0.3) is 11.3 Å². The molecule has 2 aromatic carbocycles. The third kappa shape index (κ3) is 3.66.